The van der Waals surface area contributed by atoms with Crippen LogP contribution in [0.25, 0.3) is 0 Å². The molecule has 0 aliphatic carbocycles. The van der Waals surface area contributed by atoms with Crippen LogP contribution in [-0.4, -0.2) is 18.4 Å². The molecule has 2 rings (SSSR count). The van der Waals surface area contributed by atoms with Crippen LogP contribution in [0.3, 0.4) is 0 Å². The van der Waals surface area contributed by atoms with E-state index in [1.165, 1.54) is 17.4 Å². The van der Waals surface area contributed by atoms with Gasteiger partial charge in [-0.2, -0.15) is 5.26 Å². The smallest absolute Gasteiger partial charge is 0.354 e. The first-order valence-electron chi connectivity index (χ1n) is 8.14. The molecule has 0 saturated heterocycles. The molecule has 1 N–H and O–H groups in total. The van der Waals surface area contributed by atoms with Crippen molar-refractivity contribution in [2.75, 3.05) is 11.9 Å². The first-order chi connectivity index (χ1) is 12.4. The highest BCUT2D eigenvalue weighted by molar-refractivity contribution is 7.16. The predicted octanol–water partition coefficient (Wildman–Crippen LogP) is 4.29. The summed E-state index contributed by atoms with van der Waals surface area (Å²) in [5.74, 6) is -0.954. The zero-order valence-electron chi connectivity index (χ0n) is 15.2. The molecule has 0 aliphatic heterocycles. The fourth-order valence-corrected chi connectivity index (χ4v) is 3.28. The molecule has 5 nitrogen and oxygen atoms in total. The van der Waals surface area contributed by atoms with Crippen LogP contribution in [0, 0.1) is 32.1 Å². The molecular weight excluding hydrogens is 348 g/mol. The van der Waals surface area contributed by atoms with Crippen molar-refractivity contribution in [2.45, 2.75) is 27.7 Å². The van der Waals surface area contributed by atoms with Gasteiger partial charge in [-0.1, -0.05) is 29.8 Å². The highest BCUT2D eigenvalue weighted by Crippen LogP contribution is 2.32. The molecule has 0 saturated carbocycles. The lowest BCUT2D eigenvalue weighted by atomic mass is 10.1. The van der Waals surface area contributed by atoms with E-state index in [4.69, 9.17) is 4.74 Å². The zero-order chi connectivity index (χ0) is 19.3. The number of aryl methyl sites for hydroxylation is 2. The van der Waals surface area contributed by atoms with Crippen molar-refractivity contribution in [1.82, 2.24) is 0 Å². The van der Waals surface area contributed by atoms with Crippen molar-refractivity contribution in [3.8, 4) is 6.07 Å². The molecule has 0 aliphatic rings. The highest BCUT2D eigenvalue weighted by Gasteiger charge is 2.19. The second-order valence-electron chi connectivity index (χ2n) is 5.73. The molecule has 1 aromatic heterocycles. The van der Waals surface area contributed by atoms with Crippen LogP contribution >= 0.6 is 11.3 Å². The molecule has 1 aromatic carbocycles. The standard InChI is InChI=1S/C20H20N2O3S/c1-5-25-20(24)17(10-18(23)15-8-6-12(2)7-9-15)22-19-16(11-21)13(3)14(4)26-19/h6-10,22H,5H2,1-4H3. The van der Waals surface area contributed by atoms with Crippen LogP contribution in [0.5, 0.6) is 0 Å². The normalized spacial score (nSPS) is 11.0. The Hall–Kier alpha value is -2.91. The maximum Gasteiger partial charge on any atom is 0.354 e. The predicted molar refractivity (Wildman–Crippen MR) is 102 cm³/mol. The van der Waals surface area contributed by atoms with Gasteiger partial charge in [0.05, 0.1) is 12.2 Å². The highest BCUT2D eigenvalue weighted by atomic mass is 32.1. The second-order valence-corrected chi connectivity index (χ2v) is 6.96. The summed E-state index contributed by atoms with van der Waals surface area (Å²) in [7, 11) is 0. The average Bonchev–Trinajstić information content (AvgIpc) is 2.88. The number of ketones is 1. The van der Waals surface area contributed by atoms with E-state index in [-0.39, 0.29) is 18.1 Å². The van der Waals surface area contributed by atoms with Gasteiger partial charge in [0.25, 0.3) is 0 Å². The summed E-state index contributed by atoms with van der Waals surface area (Å²) in [6, 6.07) is 9.21. The lowest BCUT2D eigenvalue weighted by molar-refractivity contribution is -0.138. The second kappa shape index (κ2) is 8.45. The number of hydrogen-bond acceptors (Lipinski definition) is 6. The number of ether oxygens (including phenoxy) is 1. The number of benzene rings is 1. The summed E-state index contributed by atoms with van der Waals surface area (Å²) in [6.07, 6.45) is 1.22. The molecule has 0 fully saturated rings. The van der Waals surface area contributed by atoms with Crippen LogP contribution in [-0.2, 0) is 9.53 Å². The topological polar surface area (TPSA) is 79.2 Å². The number of hydrogen-bond donors (Lipinski definition) is 1. The summed E-state index contributed by atoms with van der Waals surface area (Å²) in [4.78, 5) is 25.8. The van der Waals surface area contributed by atoms with Gasteiger partial charge in [0, 0.05) is 16.5 Å². The Morgan fingerprint density at radius 2 is 1.88 bits per heavy atom. The van der Waals surface area contributed by atoms with Gasteiger partial charge in [-0.25, -0.2) is 4.79 Å². The summed E-state index contributed by atoms with van der Waals surface area (Å²) in [5, 5.41) is 12.8. The van der Waals surface area contributed by atoms with Crippen molar-refractivity contribution >= 4 is 28.1 Å². The minimum atomic E-state index is -0.638. The van der Waals surface area contributed by atoms with Gasteiger partial charge < -0.3 is 10.1 Å². The summed E-state index contributed by atoms with van der Waals surface area (Å²) in [6.45, 7) is 7.56. The Labute approximate surface area is 156 Å². The minimum absolute atomic E-state index is 0.00942. The number of nitrogens with zero attached hydrogens (tertiary/aromatic N) is 1. The molecule has 2 aromatic rings. The molecule has 6 heteroatoms. The Bertz CT molecular complexity index is 902. The first kappa shape index (κ1) is 19.4. The van der Waals surface area contributed by atoms with Crippen molar-refractivity contribution in [2.24, 2.45) is 0 Å². The number of allylic oxidation sites excluding steroid dienone is 1. The number of nitriles is 1. The van der Waals surface area contributed by atoms with E-state index in [1.807, 2.05) is 32.9 Å². The number of esters is 1. The minimum Gasteiger partial charge on any atom is -0.461 e. The number of carbonyl (C=O) groups excluding carboxylic acids is 2. The molecule has 0 amide bonds. The van der Waals surface area contributed by atoms with Gasteiger partial charge in [0.1, 0.15) is 16.8 Å². The molecule has 134 valence electrons. The Kier molecular flexibility index (Phi) is 6.31. The van der Waals surface area contributed by atoms with E-state index in [1.54, 1.807) is 19.1 Å². The lowest BCUT2D eigenvalue weighted by Gasteiger charge is -2.09. The first-order valence-corrected chi connectivity index (χ1v) is 8.96. The fourth-order valence-electron chi connectivity index (χ4n) is 2.26. The van der Waals surface area contributed by atoms with Crippen molar-refractivity contribution in [3.63, 3.8) is 0 Å². The molecular formula is C20H20N2O3S. The molecule has 0 unspecified atom stereocenters. The molecule has 1 heterocycles. The molecule has 0 spiro atoms. The third-order valence-corrected chi connectivity index (χ3v) is 4.97. The van der Waals surface area contributed by atoms with Crippen molar-refractivity contribution < 1.29 is 14.3 Å². The van der Waals surface area contributed by atoms with Crippen LogP contribution in [0.2, 0.25) is 0 Å². The molecule has 0 radical (unpaired) electrons. The lowest BCUT2D eigenvalue weighted by Crippen LogP contribution is -2.16. The molecule has 0 bridgehead atoms. The summed E-state index contributed by atoms with van der Waals surface area (Å²) >= 11 is 1.36. The van der Waals surface area contributed by atoms with Gasteiger partial charge >= 0.3 is 5.97 Å². The fraction of sp³-hybridized carbons (Fsp3) is 0.250. The van der Waals surface area contributed by atoms with Crippen LogP contribution in [0.1, 0.15) is 38.8 Å². The third kappa shape index (κ3) is 4.38. The number of nitrogens with one attached hydrogen (secondary N) is 1. The average molecular weight is 368 g/mol. The number of anilines is 1. The number of carbonyl (C=O) groups is 2. The number of rotatable bonds is 6. The van der Waals surface area contributed by atoms with E-state index in [0.717, 1.165) is 16.0 Å². The maximum absolute atomic E-state index is 12.5. The quantitative estimate of drug-likeness (QED) is 0.467. The molecule has 0 atom stereocenters. The third-order valence-electron chi connectivity index (χ3n) is 3.85. The van der Waals surface area contributed by atoms with E-state index in [2.05, 4.69) is 11.4 Å². The maximum atomic E-state index is 12.5. The van der Waals surface area contributed by atoms with Gasteiger partial charge in [0.15, 0.2) is 5.78 Å². The van der Waals surface area contributed by atoms with Crippen LogP contribution in [0.4, 0.5) is 5.00 Å². The zero-order valence-corrected chi connectivity index (χ0v) is 16.0. The summed E-state index contributed by atoms with van der Waals surface area (Å²) in [5.41, 5.74) is 2.84. The van der Waals surface area contributed by atoms with Gasteiger partial charge in [-0.15, -0.1) is 11.3 Å². The van der Waals surface area contributed by atoms with Gasteiger partial charge in [0.2, 0.25) is 0 Å². The largest absolute Gasteiger partial charge is 0.461 e. The number of thiophene rings is 1. The van der Waals surface area contributed by atoms with Crippen LogP contribution in [0.15, 0.2) is 36.0 Å². The van der Waals surface area contributed by atoms with E-state index in [0.29, 0.717) is 16.1 Å². The van der Waals surface area contributed by atoms with E-state index < -0.39 is 5.97 Å². The monoisotopic (exact) mass is 368 g/mol. The van der Waals surface area contributed by atoms with Crippen molar-refractivity contribution in [1.29, 1.82) is 5.26 Å². The van der Waals surface area contributed by atoms with Crippen molar-refractivity contribution in [3.05, 3.63) is 63.2 Å². The summed E-state index contributed by atoms with van der Waals surface area (Å²) < 4.78 is 5.04. The Morgan fingerprint density at radius 1 is 1.23 bits per heavy atom. The Morgan fingerprint density at radius 3 is 2.46 bits per heavy atom. The SMILES string of the molecule is CCOC(=O)C(=CC(=O)c1ccc(C)cc1)Nc1sc(C)c(C)c1C#N. The Balaban J connectivity index is 2.39. The van der Waals surface area contributed by atoms with Crippen LogP contribution < -0.4 is 5.32 Å². The molecule has 26 heavy (non-hydrogen) atoms. The van der Waals surface area contributed by atoms with Gasteiger partial charge in [-0.05, 0) is 33.3 Å². The van der Waals surface area contributed by atoms with E-state index >= 15 is 0 Å². The van der Waals surface area contributed by atoms with Gasteiger partial charge in [-0.3, -0.25) is 4.79 Å². The van der Waals surface area contributed by atoms with E-state index in [9.17, 15) is 14.9 Å².